The molecule has 0 spiro atoms. The van der Waals surface area contributed by atoms with Gasteiger partial charge in [-0.1, -0.05) is 30.7 Å². The third-order valence-corrected chi connectivity index (χ3v) is 5.39. The van der Waals surface area contributed by atoms with Crippen LogP contribution in [0, 0.1) is 13.8 Å². The molecule has 0 aliphatic carbocycles. The van der Waals surface area contributed by atoms with E-state index < -0.39 is 10.0 Å². The Morgan fingerprint density at radius 2 is 1.84 bits per heavy atom. The van der Waals surface area contributed by atoms with E-state index in [1.807, 2.05) is 39.8 Å². The molecule has 6 heteroatoms. The summed E-state index contributed by atoms with van der Waals surface area (Å²) in [6, 6.07) is 11.6. The van der Waals surface area contributed by atoms with E-state index in [0.29, 0.717) is 11.3 Å². The van der Waals surface area contributed by atoms with Crippen molar-refractivity contribution < 1.29 is 13.2 Å². The summed E-state index contributed by atoms with van der Waals surface area (Å²) in [6.45, 7) is 7.67. The summed E-state index contributed by atoms with van der Waals surface area (Å²) in [5, 5.41) is 2.84. The molecule has 0 radical (unpaired) electrons. The number of benzene rings is 2. The van der Waals surface area contributed by atoms with Crippen molar-refractivity contribution >= 4 is 21.6 Å². The molecule has 2 aromatic carbocycles. The molecule has 1 amide bonds. The first-order chi connectivity index (χ1) is 11.7. The number of aryl methyl sites for hydroxylation is 2. The summed E-state index contributed by atoms with van der Waals surface area (Å²) in [6.07, 6.45) is 0.804. The van der Waals surface area contributed by atoms with Gasteiger partial charge < -0.3 is 5.32 Å². The second-order valence-electron chi connectivity index (χ2n) is 6.23. The maximum absolute atomic E-state index is 12.6. The van der Waals surface area contributed by atoms with Gasteiger partial charge in [0.1, 0.15) is 0 Å². The lowest BCUT2D eigenvalue weighted by Gasteiger charge is -2.13. The minimum atomic E-state index is -3.77. The van der Waals surface area contributed by atoms with Crippen LogP contribution in [0.3, 0.4) is 0 Å². The number of hydrogen-bond donors (Lipinski definition) is 2. The lowest BCUT2D eigenvalue weighted by molar-refractivity contribution is 0.0939. The Bertz CT molecular complexity index is 876. The monoisotopic (exact) mass is 360 g/mol. The van der Waals surface area contributed by atoms with Gasteiger partial charge in [-0.3, -0.25) is 9.52 Å². The van der Waals surface area contributed by atoms with E-state index in [2.05, 4.69) is 10.0 Å². The molecule has 134 valence electrons. The van der Waals surface area contributed by atoms with E-state index in [0.717, 1.165) is 17.5 Å². The zero-order valence-electron chi connectivity index (χ0n) is 15.0. The number of hydrogen-bond acceptors (Lipinski definition) is 3. The van der Waals surface area contributed by atoms with Crippen LogP contribution in [0.1, 0.15) is 41.8 Å². The van der Waals surface area contributed by atoms with Gasteiger partial charge in [0, 0.05) is 11.6 Å². The molecule has 1 atom stereocenters. The summed E-state index contributed by atoms with van der Waals surface area (Å²) < 4.78 is 27.9. The van der Waals surface area contributed by atoms with Crippen LogP contribution in [0.4, 0.5) is 5.69 Å². The maximum Gasteiger partial charge on any atom is 0.261 e. The summed E-state index contributed by atoms with van der Waals surface area (Å²) in [4.78, 5) is 12.3. The molecule has 2 rings (SSSR count). The van der Waals surface area contributed by atoms with E-state index in [1.165, 1.54) is 12.1 Å². The number of sulfonamides is 1. The summed E-state index contributed by atoms with van der Waals surface area (Å²) in [7, 11) is -3.77. The SMILES string of the molecule is CCC(C)NC(=O)c1cccc(S(=O)(=O)Nc2ccc(C)cc2C)c1. The fourth-order valence-electron chi connectivity index (χ4n) is 2.35. The van der Waals surface area contributed by atoms with Crippen molar-refractivity contribution in [1.29, 1.82) is 0 Å². The number of amides is 1. The van der Waals surface area contributed by atoms with Gasteiger partial charge in [-0.25, -0.2) is 8.42 Å². The van der Waals surface area contributed by atoms with Crippen molar-refractivity contribution in [2.45, 2.75) is 45.1 Å². The van der Waals surface area contributed by atoms with Crippen molar-refractivity contribution in [2.75, 3.05) is 4.72 Å². The first kappa shape index (κ1) is 19.0. The Labute approximate surface area is 149 Å². The molecular weight excluding hydrogens is 336 g/mol. The fourth-order valence-corrected chi connectivity index (χ4v) is 3.52. The number of carbonyl (C=O) groups excluding carboxylic acids is 1. The molecule has 25 heavy (non-hydrogen) atoms. The van der Waals surface area contributed by atoms with Crippen LogP contribution < -0.4 is 10.0 Å². The van der Waals surface area contributed by atoms with Gasteiger partial charge in [-0.05, 0) is 57.0 Å². The maximum atomic E-state index is 12.6. The van der Waals surface area contributed by atoms with E-state index in [9.17, 15) is 13.2 Å². The van der Waals surface area contributed by atoms with Gasteiger partial charge in [-0.15, -0.1) is 0 Å². The molecule has 1 unspecified atom stereocenters. The normalized spacial score (nSPS) is 12.5. The van der Waals surface area contributed by atoms with E-state index in [1.54, 1.807) is 18.2 Å². The summed E-state index contributed by atoms with van der Waals surface area (Å²) >= 11 is 0. The quantitative estimate of drug-likeness (QED) is 0.826. The molecule has 0 saturated carbocycles. The predicted molar refractivity (Wildman–Crippen MR) is 100 cm³/mol. The Hall–Kier alpha value is -2.34. The van der Waals surface area contributed by atoms with Gasteiger partial charge in [0.25, 0.3) is 15.9 Å². The molecule has 0 saturated heterocycles. The molecule has 2 N–H and O–H groups in total. The topological polar surface area (TPSA) is 75.3 Å². The molecule has 0 fully saturated rings. The first-order valence-electron chi connectivity index (χ1n) is 8.24. The Morgan fingerprint density at radius 1 is 1.12 bits per heavy atom. The summed E-state index contributed by atoms with van der Waals surface area (Å²) in [5.74, 6) is -0.280. The van der Waals surface area contributed by atoms with Crippen LogP contribution in [0.5, 0.6) is 0 Å². The minimum Gasteiger partial charge on any atom is -0.350 e. The second kappa shape index (κ2) is 7.70. The lowest BCUT2D eigenvalue weighted by atomic mass is 10.1. The molecule has 0 heterocycles. The Kier molecular flexibility index (Phi) is 5.85. The van der Waals surface area contributed by atoms with Crippen molar-refractivity contribution in [1.82, 2.24) is 5.32 Å². The third kappa shape index (κ3) is 4.82. The fraction of sp³-hybridized carbons (Fsp3) is 0.316. The van der Waals surface area contributed by atoms with Crippen LogP contribution >= 0.6 is 0 Å². The highest BCUT2D eigenvalue weighted by Crippen LogP contribution is 2.21. The van der Waals surface area contributed by atoms with Crippen LogP contribution in [0.25, 0.3) is 0 Å². The second-order valence-corrected chi connectivity index (χ2v) is 7.92. The van der Waals surface area contributed by atoms with Crippen molar-refractivity contribution in [3.05, 3.63) is 59.2 Å². The van der Waals surface area contributed by atoms with Crippen molar-refractivity contribution in [2.24, 2.45) is 0 Å². The van der Waals surface area contributed by atoms with Crippen LogP contribution in [-0.2, 0) is 10.0 Å². The summed E-state index contributed by atoms with van der Waals surface area (Å²) in [5.41, 5.74) is 2.75. The molecule has 0 aromatic heterocycles. The van der Waals surface area contributed by atoms with E-state index in [-0.39, 0.29) is 16.8 Å². The Morgan fingerprint density at radius 3 is 2.48 bits per heavy atom. The van der Waals surface area contributed by atoms with E-state index in [4.69, 9.17) is 0 Å². The predicted octanol–water partition coefficient (Wildman–Crippen LogP) is 3.63. The van der Waals surface area contributed by atoms with Crippen molar-refractivity contribution in [3.63, 3.8) is 0 Å². The average Bonchev–Trinajstić information content (AvgIpc) is 2.57. The highest BCUT2D eigenvalue weighted by atomic mass is 32.2. The van der Waals surface area contributed by atoms with Crippen molar-refractivity contribution in [3.8, 4) is 0 Å². The minimum absolute atomic E-state index is 0.0288. The van der Waals surface area contributed by atoms with Gasteiger partial charge in [0.2, 0.25) is 0 Å². The van der Waals surface area contributed by atoms with E-state index >= 15 is 0 Å². The highest BCUT2D eigenvalue weighted by Gasteiger charge is 2.18. The standard InChI is InChI=1S/C19H24N2O3S/c1-5-15(4)20-19(22)16-7-6-8-17(12-16)25(23,24)21-18-10-9-13(2)11-14(18)3/h6-12,15,21H,5H2,1-4H3,(H,20,22). The van der Waals surface area contributed by atoms with Gasteiger partial charge in [0.05, 0.1) is 10.6 Å². The molecular formula is C19H24N2O3S. The first-order valence-corrected chi connectivity index (χ1v) is 9.72. The number of carbonyl (C=O) groups is 1. The molecule has 0 aliphatic heterocycles. The molecule has 5 nitrogen and oxygen atoms in total. The largest absolute Gasteiger partial charge is 0.350 e. The molecule has 2 aromatic rings. The van der Waals surface area contributed by atoms with Crippen LogP contribution in [0.15, 0.2) is 47.4 Å². The molecule has 0 aliphatic rings. The van der Waals surface area contributed by atoms with Crippen LogP contribution in [-0.4, -0.2) is 20.4 Å². The zero-order chi connectivity index (χ0) is 18.6. The third-order valence-electron chi connectivity index (χ3n) is 4.02. The molecule has 0 bridgehead atoms. The Balaban J connectivity index is 2.27. The number of rotatable bonds is 6. The average molecular weight is 360 g/mol. The lowest BCUT2D eigenvalue weighted by Crippen LogP contribution is -2.32. The van der Waals surface area contributed by atoms with Gasteiger partial charge >= 0.3 is 0 Å². The smallest absolute Gasteiger partial charge is 0.261 e. The van der Waals surface area contributed by atoms with Gasteiger partial charge in [0.15, 0.2) is 0 Å². The van der Waals surface area contributed by atoms with Gasteiger partial charge in [-0.2, -0.15) is 0 Å². The van der Waals surface area contributed by atoms with Crippen LogP contribution in [0.2, 0.25) is 0 Å². The number of nitrogens with one attached hydrogen (secondary N) is 2. The number of anilines is 1. The zero-order valence-corrected chi connectivity index (χ0v) is 15.8. The highest BCUT2D eigenvalue weighted by molar-refractivity contribution is 7.92.